The number of hydrogen-bond donors (Lipinski definition) is 0. The second kappa shape index (κ2) is 4.85. The Labute approximate surface area is 112 Å². The predicted molar refractivity (Wildman–Crippen MR) is 69.9 cm³/mol. The molecule has 4 nitrogen and oxygen atoms in total. The normalized spacial score (nSPS) is 29.8. The zero-order valence-corrected chi connectivity index (χ0v) is 11.2. The molecule has 3 rings (SSSR count). The Morgan fingerprint density at radius 1 is 1.26 bits per heavy atom. The fourth-order valence-electron chi connectivity index (χ4n) is 2.77. The van der Waals surface area contributed by atoms with E-state index >= 15 is 0 Å². The SMILES string of the molecule is COc1ccc2c(c1)OC(C1CCC(C)O1)CC2=O. The molecule has 1 saturated heterocycles. The van der Waals surface area contributed by atoms with Gasteiger partial charge in [-0.1, -0.05) is 0 Å². The number of rotatable bonds is 2. The number of hydrogen-bond acceptors (Lipinski definition) is 4. The molecule has 19 heavy (non-hydrogen) atoms. The highest BCUT2D eigenvalue weighted by atomic mass is 16.6. The van der Waals surface area contributed by atoms with Crippen LogP contribution in [-0.4, -0.2) is 31.2 Å². The van der Waals surface area contributed by atoms with Gasteiger partial charge in [0.2, 0.25) is 0 Å². The van der Waals surface area contributed by atoms with E-state index in [1.165, 1.54) is 0 Å². The molecule has 1 aromatic carbocycles. The Bertz CT molecular complexity index is 497. The van der Waals surface area contributed by atoms with Gasteiger partial charge < -0.3 is 14.2 Å². The van der Waals surface area contributed by atoms with Crippen LogP contribution in [0.3, 0.4) is 0 Å². The number of ketones is 1. The quantitative estimate of drug-likeness (QED) is 0.821. The zero-order chi connectivity index (χ0) is 13.4. The fourth-order valence-corrected chi connectivity index (χ4v) is 2.77. The summed E-state index contributed by atoms with van der Waals surface area (Å²) >= 11 is 0. The van der Waals surface area contributed by atoms with Crippen LogP contribution in [0, 0.1) is 0 Å². The molecule has 2 aliphatic heterocycles. The van der Waals surface area contributed by atoms with E-state index in [0.29, 0.717) is 23.5 Å². The second-order valence-electron chi connectivity index (χ2n) is 5.21. The number of carbonyl (C=O) groups excluding carboxylic acids is 1. The summed E-state index contributed by atoms with van der Waals surface area (Å²) in [6, 6.07) is 5.33. The van der Waals surface area contributed by atoms with Gasteiger partial charge in [-0.05, 0) is 31.9 Å². The molecular formula is C15H18O4. The second-order valence-corrected chi connectivity index (χ2v) is 5.21. The Kier molecular flexibility index (Phi) is 3.19. The van der Waals surface area contributed by atoms with Crippen molar-refractivity contribution in [2.45, 2.75) is 44.5 Å². The van der Waals surface area contributed by atoms with Crippen LogP contribution in [0.5, 0.6) is 11.5 Å². The van der Waals surface area contributed by atoms with Crippen molar-refractivity contribution in [3.05, 3.63) is 23.8 Å². The summed E-state index contributed by atoms with van der Waals surface area (Å²) in [6.07, 6.45) is 2.50. The lowest BCUT2D eigenvalue weighted by Gasteiger charge is -2.29. The minimum atomic E-state index is -0.169. The molecule has 3 atom stereocenters. The maximum Gasteiger partial charge on any atom is 0.170 e. The summed E-state index contributed by atoms with van der Waals surface area (Å²) in [4.78, 5) is 12.2. The predicted octanol–water partition coefficient (Wildman–Crippen LogP) is 2.60. The van der Waals surface area contributed by atoms with E-state index in [1.807, 2.05) is 0 Å². The monoisotopic (exact) mass is 262 g/mol. The van der Waals surface area contributed by atoms with Gasteiger partial charge in [0, 0.05) is 6.07 Å². The number of ether oxygens (including phenoxy) is 3. The van der Waals surface area contributed by atoms with Crippen molar-refractivity contribution < 1.29 is 19.0 Å². The van der Waals surface area contributed by atoms with Crippen molar-refractivity contribution in [2.24, 2.45) is 0 Å². The Morgan fingerprint density at radius 2 is 2.11 bits per heavy atom. The van der Waals surface area contributed by atoms with Crippen LogP contribution in [0.1, 0.15) is 36.5 Å². The summed E-state index contributed by atoms with van der Waals surface area (Å²) in [5, 5.41) is 0. The minimum Gasteiger partial charge on any atom is -0.497 e. The highest BCUT2D eigenvalue weighted by molar-refractivity contribution is 6.00. The third kappa shape index (κ3) is 2.32. The van der Waals surface area contributed by atoms with E-state index in [4.69, 9.17) is 14.2 Å². The molecule has 3 unspecified atom stereocenters. The van der Waals surface area contributed by atoms with Gasteiger partial charge in [-0.2, -0.15) is 0 Å². The number of fused-ring (bicyclic) bond motifs is 1. The van der Waals surface area contributed by atoms with Crippen molar-refractivity contribution in [1.29, 1.82) is 0 Å². The van der Waals surface area contributed by atoms with Gasteiger partial charge in [-0.3, -0.25) is 4.79 Å². The van der Waals surface area contributed by atoms with E-state index in [0.717, 1.165) is 12.8 Å². The van der Waals surface area contributed by atoms with Gasteiger partial charge in [-0.25, -0.2) is 0 Å². The molecule has 0 aliphatic carbocycles. The highest BCUT2D eigenvalue weighted by Crippen LogP contribution is 2.35. The minimum absolute atomic E-state index is 0.0262. The van der Waals surface area contributed by atoms with Crippen LogP contribution in [0.4, 0.5) is 0 Å². The first-order chi connectivity index (χ1) is 9.17. The van der Waals surface area contributed by atoms with Crippen molar-refractivity contribution in [3.63, 3.8) is 0 Å². The largest absolute Gasteiger partial charge is 0.497 e. The molecule has 0 amide bonds. The summed E-state index contributed by atoms with van der Waals surface area (Å²) < 4.78 is 16.9. The van der Waals surface area contributed by atoms with Gasteiger partial charge in [0.1, 0.15) is 17.6 Å². The molecule has 0 bridgehead atoms. The number of methoxy groups -OCH3 is 1. The van der Waals surface area contributed by atoms with Crippen molar-refractivity contribution in [3.8, 4) is 11.5 Å². The molecule has 2 heterocycles. The number of benzene rings is 1. The third-order valence-electron chi connectivity index (χ3n) is 3.83. The summed E-state index contributed by atoms with van der Waals surface area (Å²) in [5.74, 6) is 1.44. The topological polar surface area (TPSA) is 44.8 Å². The maximum absolute atomic E-state index is 12.2. The van der Waals surface area contributed by atoms with Crippen molar-refractivity contribution in [1.82, 2.24) is 0 Å². The lowest BCUT2D eigenvalue weighted by atomic mass is 9.96. The van der Waals surface area contributed by atoms with Crippen LogP contribution in [0.2, 0.25) is 0 Å². The van der Waals surface area contributed by atoms with E-state index in [-0.39, 0.29) is 24.1 Å². The van der Waals surface area contributed by atoms with E-state index in [9.17, 15) is 4.79 Å². The van der Waals surface area contributed by atoms with Gasteiger partial charge in [0.25, 0.3) is 0 Å². The molecule has 4 heteroatoms. The van der Waals surface area contributed by atoms with Crippen LogP contribution in [0.25, 0.3) is 0 Å². The average Bonchev–Trinajstić information content (AvgIpc) is 2.84. The highest BCUT2D eigenvalue weighted by Gasteiger charge is 2.36. The Hall–Kier alpha value is -1.55. The first-order valence-corrected chi connectivity index (χ1v) is 6.70. The molecule has 0 aromatic heterocycles. The number of Topliss-reactive ketones (excluding diaryl/α,β-unsaturated/α-hetero) is 1. The van der Waals surface area contributed by atoms with E-state index in [1.54, 1.807) is 25.3 Å². The number of carbonyl (C=O) groups is 1. The fraction of sp³-hybridized carbons (Fsp3) is 0.533. The molecule has 1 fully saturated rings. The Balaban J connectivity index is 1.84. The summed E-state index contributed by atoms with van der Waals surface area (Å²) in [6.45, 7) is 2.06. The molecule has 0 spiro atoms. The van der Waals surface area contributed by atoms with Crippen LogP contribution in [0.15, 0.2) is 18.2 Å². The standard InChI is InChI=1S/C15H18O4/c1-9-3-6-13(18-9)15-8-12(16)11-5-4-10(17-2)7-14(11)19-15/h4-5,7,9,13,15H,3,6,8H2,1-2H3. The van der Waals surface area contributed by atoms with Gasteiger partial charge in [-0.15, -0.1) is 0 Å². The maximum atomic E-state index is 12.2. The van der Waals surface area contributed by atoms with Gasteiger partial charge in [0.15, 0.2) is 5.78 Å². The molecule has 1 aromatic rings. The molecule has 2 aliphatic rings. The lowest BCUT2D eigenvalue weighted by molar-refractivity contribution is -0.0215. The first kappa shape index (κ1) is 12.5. The molecular weight excluding hydrogens is 244 g/mol. The van der Waals surface area contributed by atoms with Crippen molar-refractivity contribution >= 4 is 5.78 Å². The van der Waals surface area contributed by atoms with Crippen LogP contribution in [-0.2, 0) is 4.74 Å². The van der Waals surface area contributed by atoms with Crippen LogP contribution < -0.4 is 9.47 Å². The molecule has 0 saturated carbocycles. The summed E-state index contributed by atoms with van der Waals surface area (Å²) in [7, 11) is 1.60. The first-order valence-electron chi connectivity index (χ1n) is 6.70. The van der Waals surface area contributed by atoms with Crippen molar-refractivity contribution in [2.75, 3.05) is 7.11 Å². The molecule has 0 radical (unpaired) electrons. The average molecular weight is 262 g/mol. The van der Waals surface area contributed by atoms with Gasteiger partial charge in [0.05, 0.1) is 31.3 Å². The van der Waals surface area contributed by atoms with Crippen LogP contribution >= 0.6 is 0 Å². The summed E-state index contributed by atoms with van der Waals surface area (Å²) in [5.41, 5.74) is 0.642. The molecule has 0 N–H and O–H groups in total. The third-order valence-corrected chi connectivity index (χ3v) is 3.83. The lowest BCUT2D eigenvalue weighted by Crippen LogP contribution is -2.37. The Morgan fingerprint density at radius 3 is 2.79 bits per heavy atom. The van der Waals surface area contributed by atoms with Gasteiger partial charge >= 0.3 is 0 Å². The van der Waals surface area contributed by atoms with E-state index in [2.05, 4.69) is 6.92 Å². The smallest absolute Gasteiger partial charge is 0.170 e. The molecule has 102 valence electrons. The zero-order valence-electron chi connectivity index (χ0n) is 11.2. The van der Waals surface area contributed by atoms with E-state index < -0.39 is 0 Å².